The van der Waals surface area contributed by atoms with Gasteiger partial charge < -0.3 is 17.2 Å². The number of aliphatic imine (C=N–C) groups is 2. The fourth-order valence-electron chi connectivity index (χ4n) is 2.79. The lowest BCUT2D eigenvalue weighted by molar-refractivity contribution is 0.0978. The second-order valence-electron chi connectivity index (χ2n) is 5.64. The topological polar surface area (TPSA) is 191 Å². The van der Waals surface area contributed by atoms with Gasteiger partial charge in [-0.05, 0) is 22.0 Å². The molecule has 0 radical (unpaired) electrons. The van der Waals surface area contributed by atoms with Crippen molar-refractivity contribution in [2.75, 3.05) is 0 Å². The zero-order chi connectivity index (χ0) is 20.8. The van der Waals surface area contributed by atoms with E-state index in [1.165, 1.54) is 12.1 Å². The molecule has 0 amide bonds. The summed E-state index contributed by atoms with van der Waals surface area (Å²) in [6, 6.07) is 6.98. The Morgan fingerprint density at radius 2 is 1.54 bits per heavy atom. The zero-order valence-electron chi connectivity index (χ0n) is 13.9. The van der Waals surface area contributed by atoms with Gasteiger partial charge in [0.05, 0.1) is 11.1 Å². The van der Waals surface area contributed by atoms with Crippen LogP contribution in [0.1, 0.15) is 31.8 Å². The number of nitrogens with two attached hydrogens (primary N) is 3. The quantitative estimate of drug-likeness (QED) is 0.241. The van der Waals surface area contributed by atoms with E-state index in [-0.39, 0.29) is 26.7 Å². The van der Waals surface area contributed by atoms with E-state index in [0.717, 1.165) is 6.07 Å². The Kier molecular flexibility index (Phi) is 4.79. The third-order valence-corrected chi connectivity index (χ3v) is 5.33. The van der Waals surface area contributed by atoms with Crippen molar-refractivity contribution in [3.05, 3.63) is 57.1 Å². The van der Waals surface area contributed by atoms with Gasteiger partial charge in [0.15, 0.2) is 17.5 Å². The van der Waals surface area contributed by atoms with Gasteiger partial charge in [0.1, 0.15) is 10.6 Å². The van der Waals surface area contributed by atoms with Crippen molar-refractivity contribution in [3.63, 3.8) is 0 Å². The maximum atomic E-state index is 13.1. The Bertz CT molecular complexity index is 1220. The van der Waals surface area contributed by atoms with E-state index in [2.05, 4.69) is 25.9 Å². The van der Waals surface area contributed by atoms with Crippen LogP contribution in [0.5, 0.6) is 0 Å². The third-order valence-electron chi connectivity index (χ3n) is 3.84. The molecule has 1 aliphatic rings. The Labute approximate surface area is 167 Å². The SMILES string of the molecule is NC(N)=NC(N)=Nc1c(S(=O)(=O)O)cc(Br)c2c1C(=O)c1ccccc1C2=O. The Balaban J connectivity index is 2.47. The molecule has 0 bridgehead atoms. The maximum Gasteiger partial charge on any atom is 0.296 e. The van der Waals surface area contributed by atoms with Crippen LogP contribution in [-0.2, 0) is 10.1 Å². The van der Waals surface area contributed by atoms with Crippen molar-refractivity contribution in [3.8, 4) is 0 Å². The molecular weight excluding hydrogens is 454 g/mol. The molecule has 0 fully saturated rings. The van der Waals surface area contributed by atoms with Gasteiger partial charge in [0.2, 0.25) is 5.96 Å². The molecule has 1 aliphatic carbocycles. The van der Waals surface area contributed by atoms with Gasteiger partial charge in [0, 0.05) is 15.6 Å². The normalized spacial score (nSPS) is 13.7. The molecule has 0 spiro atoms. The van der Waals surface area contributed by atoms with Crippen LogP contribution >= 0.6 is 15.9 Å². The molecule has 7 N–H and O–H groups in total. The first-order chi connectivity index (χ1) is 13.0. The molecule has 28 heavy (non-hydrogen) atoms. The number of nitrogens with zero attached hydrogens (tertiary/aromatic N) is 2. The second-order valence-corrected chi connectivity index (χ2v) is 7.88. The highest BCUT2D eigenvalue weighted by atomic mass is 79.9. The summed E-state index contributed by atoms with van der Waals surface area (Å²) in [4.78, 5) is 32.5. The summed E-state index contributed by atoms with van der Waals surface area (Å²) in [7, 11) is -4.85. The van der Waals surface area contributed by atoms with E-state index < -0.39 is 44.2 Å². The first kappa shape index (κ1) is 19.7. The van der Waals surface area contributed by atoms with Crippen molar-refractivity contribution in [1.29, 1.82) is 0 Å². The lowest BCUT2D eigenvalue weighted by Crippen LogP contribution is -2.26. The maximum absolute atomic E-state index is 13.1. The molecule has 10 nitrogen and oxygen atoms in total. The number of rotatable bonds is 2. The Morgan fingerprint density at radius 3 is 2.04 bits per heavy atom. The number of guanidine groups is 2. The fourth-order valence-corrected chi connectivity index (χ4v) is 4.21. The van der Waals surface area contributed by atoms with E-state index in [1.54, 1.807) is 12.1 Å². The van der Waals surface area contributed by atoms with Crippen LogP contribution in [0, 0.1) is 0 Å². The van der Waals surface area contributed by atoms with E-state index in [0.29, 0.717) is 0 Å². The highest BCUT2D eigenvalue weighted by molar-refractivity contribution is 9.10. The zero-order valence-corrected chi connectivity index (χ0v) is 16.3. The summed E-state index contributed by atoms with van der Waals surface area (Å²) in [5.74, 6) is -2.25. The van der Waals surface area contributed by atoms with Crippen LogP contribution in [0.3, 0.4) is 0 Å². The lowest BCUT2D eigenvalue weighted by Gasteiger charge is -2.21. The van der Waals surface area contributed by atoms with E-state index in [9.17, 15) is 22.6 Å². The van der Waals surface area contributed by atoms with E-state index in [4.69, 9.17) is 17.2 Å². The summed E-state index contributed by atoms with van der Waals surface area (Å²) in [6.07, 6.45) is 0. The number of hydrogen-bond donors (Lipinski definition) is 4. The Hall–Kier alpha value is -3.09. The summed E-state index contributed by atoms with van der Waals surface area (Å²) in [5.41, 5.74) is 15.2. The number of benzene rings is 2. The minimum atomic E-state index is -4.85. The summed E-state index contributed by atoms with van der Waals surface area (Å²) in [6.45, 7) is 0. The predicted octanol–water partition coefficient (Wildman–Crippen LogP) is 0.691. The molecule has 144 valence electrons. The summed E-state index contributed by atoms with van der Waals surface area (Å²) < 4.78 is 33.3. The van der Waals surface area contributed by atoms with Gasteiger partial charge in [-0.2, -0.15) is 13.4 Å². The monoisotopic (exact) mass is 465 g/mol. The summed E-state index contributed by atoms with van der Waals surface area (Å²) >= 11 is 3.09. The molecule has 2 aromatic carbocycles. The largest absolute Gasteiger partial charge is 0.370 e. The number of hydrogen-bond acceptors (Lipinski definition) is 5. The molecular formula is C16H12BrN5O5S. The van der Waals surface area contributed by atoms with Crippen LogP contribution in [0.2, 0.25) is 0 Å². The molecule has 0 atom stereocenters. The fraction of sp³-hybridized carbons (Fsp3) is 0. The highest BCUT2D eigenvalue weighted by Crippen LogP contribution is 2.41. The van der Waals surface area contributed by atoms with E-state index in [1.807, 2.05) is 0 Å². The standard InChI is InChI=1S/C16H12BrN5O5S/c17-8-5-9(28(25,26)27)12(21-16(20)22-15(18)19)11-10(8)13(23)6-3-1-2-4-7(6)14(11)24/h1-5H,(H,25,26,27)(H6,18,19,20,21,22). The number of carbonyl (C=O) groups excluding carboxylic acids is 2. The van der Waals surface area contributed by atoms with Gasteiger partial charge in [-0.25, -0.2) is 4.99 Å². The smallest absolute Gasteiger partial charge is 0.296 e. The van der Waals surface area contributed by atoms with Crippen molar-refractivity contribution in [2.24, 2.45) is 27.2 Å². The predicted molar refractivity (Wildman–Crippen MR) is 104 cm³/mol. The molecule has 0 saturated carbocycles. The highest BCUT2D eigenvalue weighted by Gasteiger charge is 2.36. The molecule has 3 rings (SSSR count). The molecule has 12 heteroatoms. The minimum absolute atomic E-state index is 0.0117. The van der Waals surface area contributed by atoms with Gasteiger partial charge in [0.25, 0.3) is 10.1 Å². The molecule has 0 aliphatic heterocycles. The molecule has 0 aromatic heterocycles. The first-order valence-electron chi connectivity index (χ1n) is 7.48. The third kappa shape index (κ3) is 3.28. The number of halogens is 1. The minimum Gasteiger partial charge on any atom is -0.370 e. The van der Waals surface area contributed by atoms with Gasteiger partial charge in [-0.1, -0.05) is 24.3 Å². The number of fused-ring (bicyclic) bond motifs is 2. The Morgan fingerprint density at radius 1 is 1.00 bits per heavy atom. The first-order valence-corrected chi connectivity index (χ1v) is 9.72. The lowest BCUT2D eigenvalue weighted by atomic mass is 9.83. The molecule has 2 aromatic rings. The van der Waals surface area contributed by atoms with Crippen molar-refractivity contribution >= 4 is 55.2 Å². The molecule has 0 saturated heterocycles. The van der Waals surface area contributed by atoms with Crippen LogP contribution in [0.4, 0.5) is 5.69 Å². The average Bonchev–Trinajstić information content (AvgIpc) is 2.59. The van der Waals surface area contributed by atoms with Crippen LogP contribution in [0.15, 0.2) is 49.7 Å². The van der Waals surface area contributed by atoms with Crippen LogP contribution in [-0.4, -0.2) is 36.5 Å². The van der Waals surface area contributed by atoms with Gasteiger partial charge in [-0.3, -0.25) is 14.1 Å². The number of ketones is 2. The van der Waals surface area contributed by atoms with Crippen molar-refractivity contribution in [2.45, 2.75) is 4.90 Å². The van der Waals surface area contributed by atoms with Gasteiger partial charge in [-0.15, -0.1) is 0 Å². The summed E-state index contributed by atoms with van der Waals surface area (Å²) in [5, 5.41) is 0. The number of carbonyl (C=O) groups is 2. The van der Waals surface area contributed by atoms with E-state index >= 15 is 0 Å². The van der Waals surface area contributed by atoms with Gasteiger partial charge >= 0.3 is 0 Å². The molecule has 0 unspecified atom stereocenters. The van der Waals surface area contributed by atoms with Crippen LogP contribution in [0.25, 0.3) is 0 Å². The van der Waals surface area contributed by atoms with Crippen molar-refractivity contribution in [1.82, 2.24) is 0 Å². The van der Waals surface area contributed by atoms with Crippen molar-refractivity contribution < 1.29 is 22.6 Å². The van der Waals surface area contributed by atoms with Crippen LogP contribution < -0.4 is 17.2 Å². The molecule has 0 heterocycles. The second kappa shape index (κ2) is 6.82. The average molecular weight is 466 g/mol.